The summed E-state index contributed by atoms with van der Waals surface area (Å²) in [6.07, 6.45) is -6.40. The molecule has 0 saturated heterocycles. The number of rotatable bonds is 9. The number of hydrogen-bond acceptors (Lipinski definition) is 4. The molecule has 0 saturated carbocycles. The van der Waals surface area contributed by atoms with Gasteiger partial charge < -0.3 is 20.8 Å². The molecule has 0 spiro atoms. The van der Waals surface area contributed by atoms with Gasteiger partial charge in [-0.3, -0.25) is 9.69 Å². The van der Waals surface area contributed by atoms with Crippen molar-refractivity contribution in [2.75, 3.05) is 16.8 Å². The minimum Gasteiger partial charge on any atom is -0.479 e. The number of aliphatic hydroxyl groups excluding tert-OH is 1. The first-order valence-corrected chi connectivity index (χ1v) is 14.4. The highest BCUT2D eigenvalue weighted by Crippen LogP contribution is 2.35. The van der Waals surface area contributed by atoms with E-state index in [9.17, 15) is 32.7 Å². The summed E-state index contributed by atoms with van der Waals surface area (Å²) >= 11 is 0. The number of carboxylic acid groups (broad SMARTS) is 1. The van der Waals surface area contributed by atoms with Crippen molar-refractivity contribution in [2.24, 2.45) is 0 Å². The number of amides is 3. The van der Waals surface area contributed by atoms with Gasteiger partial charge in [-0.15, -0.1) is 0 Å². The average Bonchev–Trinajstić information content (AvgIpc) is 3.02. The summed E-state index contributed by atoms with van der Waals surface area (Å²) in [6, 6.07) is 24.7. The standard InChI is InChI=1S/C35H34F3N3O5/c1-34(2,3)26-13-15-29(16-14-26)41(21-22-9-11-24(12-10-22)31(43)39-20-30(42)32(44)45)33(46)40-28-18-25(23-7-5-4-6-8-23)17-27(19-28)35(36,37)38/h4-19,30,42H,20-21H2,1-3H3,(H,39,43)(H,40,46)(H,44,45)/t30-/m1/s1. The van der Waals surface area contributed by atoms with Crippen molar-refractivity contribution >= 4 is 29.3 Å². The number of alkyl halides is 3. The van der Waals surface area contributed by atoms with Crippen molar-refractivity contribution in [1.82, 2.24) is 5.32 Å². The zero-order valence-electron chi connectivity index (χ0n) is 25.4. The van der Waals surface area contributed by atoms with Gasteiger partial charge in [0.15, 0.2) is 6.10 Å². The van der Waals surface area contributed by atoms with E-state index in [0.717, 1.165) is 17.7 Å². The third-order valence-corrected chi connectivity index (χ3v) is 7.21. The Morgan fingerprint density at radius 1 is 0.804 bits per heavy atom. The van der Waals surface area contributed by atoms with E-state index in [1.807, 2.05) is 32.9 Å². The number of aliphatic hydroxyl groups is 1. The second-order valence-corrected chi connectivity index (χ2v) is 11.7. The molecule has 11 heteroatoms. The van der Waals surface area contributed by atoms with E-state index in [0.29, 0.717) is 16.8 Å². The van der Waals surface area contributed by atoms with E-state index in [2.05, 4.69) is 10.6 Å². The number of carboxylic acids is 1. The lowest BCUT2D eigenvalue weighted by Crippen LogP contribution is -2.36. The molecule has 0 aliphatic rings. The topological polar surface area (TPSA) is 119 Å². The van der Waals surface area contributed by atoms with Crippen LogP contribution in [0.4, 0.5) is 29.3 Å². The molecule has 4 N–H and O–H groups in total. The molecule has 4 aromatic carbocycles. The van der Waals surface area contributed by atoms with E-state index in [1.54, 1.807) is 54.6 Å². The molecule has 46 heavy (non-hydrogen) atoms. The van der Waals surface area contributed by atoms with Gasteiger partial charge >= 0.3 is 18.2 Å². The number of nitrogens with one attached hydrogen (secondary N) is 2. The van der Waals surface area contributed by atoms with E-state index in [1.165, 1.54) is 23.1 Å². The molecule has 0 aliphatic heterocycles. The summed E-state index contributed by atoms with van der Waals surface area (Å²) < 4.78 is 41.6. The van der Waals surface area contributed by atoms with Crippen LogP contribution < -0.4 is 15.5 Å². The Morgan fingerprint density at radius 2 is 1.43 bits per heavy atom. The number of benzene rings is 4. The minimum absolute atomic E-state index is 0.00479. The lowest BCUT2D eigenvalue weighted by Gasteiger charge is -2.26. The van der Waals surface area contributed by atoms with Crippen molar-refractivity contribution in [3.05, 3.63) is 119 Å². The van der Waals surface area contributed by atoms with Crippen LogP contribution >= 0.6 is 0 Å². The predicted octanol–water partition coefficient (Wildman–Crippen LogP) is 7.08. The van der Waals surface area contributed by atoms with Crippen molar-refractivity contribution in [2.45, 2.75) is 45.0 Å². The second-order valence-electron chi connectivity index (χ2n) is 11.7. The van der Waals surface area contributed by atoms with Crippen LogP contribution in [-0.4, -0.2) is 40.8 Å². The van der Waals surface area contributed by atoms with Gasteiger partial charge in [-0.05, 0) is 70.1 Å². The average molecular weight is 634 g/mol. The van der Waals surface area contributed by atoms with Gasteiger partial charge in [0.25, 0.3) is 5.91 Å². The summed E-state index contributed by atoms with van der Waals surface area (Å²) in [5.41, 5.74) is 2.05. The molecule has 8 nitrogen and oxygen atoms in total. The summed E-state index contributed by atoms with van der Waals surface area (Å²) in [5, 5.41) is 23.2. The first kappa shape index (κ1) is 33.7. The molecular weight excluding hydrogens is 599 g/mol. The van der Waals surface area contributed by atoms with Crippen LogP contribution in [0.1, 0.15) is 47.8 Å². The summed E-state index contributed by atoms with van der Waals surface area (Å²) in [5.74, 6) is -2.07. The van der Waals surface area contributed by atoms with Crippen molar-refractivity contribution in [1.29, 1.82) is 0 Å². The Labute approximate surface area is 264 Å². The highest BCUT2D eigenvalue weighted by atomic mass is 19.4. The highest BCUT2D eigenvalue weighted by Gasteiger charge is 2.32. The second kappa shape index (κ2) is 13.9. The smallest absolute Gasteiger partial charge is 0.416 e. The van der Waals surface area contributed by atoms with Crippen LogP contribution in [0.15, 0.2) is 97.1 Å². The Morgan fingerprint density at radius 3 is 2.00 bits per heavy atom. The first-order valence-electron chi connectivity index (χ1n) is 14.4. The fraction of sp³-hybridized carbons (Fsp3) is 0.229. The molecule has 0 heterocycles. The van der Waals surface area contributed by atoms with Crippen LogP contribution in [0.2, 0.25) is 0 Å². The fourth-order valence-electron chi connectivity index (χ4n) is 4.60. The van der Waals surface area contributed by atoms with Crippen molar-refractivity contribution < 1.29 is 37.8 Å². The quantitative estimate of drug-likeness (QED) is 0.157. The van der Waals surface area contributed by atoms with Crippen molar-refractivity contribution in [3.8, 4) is 11.1 Å². The van der Waals surface area contributed by atoms with Gasteiger partial charge in [-0.2, -0.15) is 13.2 Å². The van der Waals surface area contributed by atoms with Gasteiger partial charge in [0.2, 0.25) is 0 Å². The number of aliphatic carboxylic acids is 1. The Hall–Kier alpha value is -5.16. The van der Waals surface area contributed by atoms with Crippen molar-refractivity contribution in [3.63, 3.8) is 0 Å². The molecule has 4 aromatic rings. The predicted molar refractivity (Wildman–Crippen MR) is 170 cm³/mol. The molecule has 0 bridgehead atoms. The summed E-state index contributed by atoms with van der Waals surface area (Å²) in [7, 11) is 0. The Bertz CT molecular complexity index is 1680. The number of hydrogen-bond donors (Lipinski definition) is 4. The molecule has 0 aromatic heterocycles. The highest BCUT2D eigenvalue weighted by molar-refractivity contribution is 6.02. The molecule has 0 fully saturated rings. The van der Waals surface area contributed by atoms with Gasteiger partial charge in [-0.25, -0.2) is 9.59 Å². The number of anilines is 2. The van der Waals surface area contributed by atoms with Gasteiger partial charge in [0.1, 0.15) is 0 Å². The lowest BCUT2D eigenvalue weighted by atomic mass is 9.87. The maximum atomic E-state index is 13.9. The number of carbonyl (C=O) groups is 3. The minimum atomic E-state index is -4.65. The van der Waals surface area contributed by atoms with Crippen LogP contribution in [-0.2, 0) is 22.9 Å². The summed E-state index contributed by atoms with van der Waals surface area (Å²) in [6.45, 7) is 5.67. The number of halogens is 3. The molecule has 0 aliphatic carbocycles. The number of nitrogens with zero attached hydrogens (tertiary/aromatic N) is 1. The molecule has 0 unspecified atom stereocenters. The van der Waals surface area contributed by atoms with E-state index in [4.69, 9.17) is 5.11 Å². The van der Waals surface area contributed by atoms with Gasteiger partial charge in [0.05, 0.1) is 18.7 Å². The fourth-order valence-corrected chi connectivity index (χ4v) is 4.60. The SMILES string of the molecule is CC(C)(C)c1ccc(N(Cc2ccc(C(=O)NC[C@@H](O)C(=O)O)cc2)C(=O)Nc2cc(-c3ccccc3)cc(C(F)(F)F)c2)cc1. The number of carbonyl (C=O) groups excluding carboxylic acids is 2. The lowest BCUT2D eigenvalue weighted by molar-refractivity contribution is -0.146. The van der Waals surface area contributed by atoms with E-state index < -0.39 is 42.3 Å². The largest absolute Gasteiger partial charge is 0.479 e. The molecule has 0 radical (unpaired) electrons. The third kappa shape index (κ3) is 8.72. The zero-order valence-corrected chi connectivity index (χ0v) is 25.4. The van der Waals surface area contributed by atoms with Gasteiger partial charge in [-0.1, -0.05) is 75.4 Å². The van der Waals surface area contributed by atoms with Gasteiger partial charge in [0, 0.05) is 16.9 Å². The molecular formula is C35H34F3N3O5. The number of urea groups is 1. The zero-order chi connectivity index (χ0) is 33.6. The molecule has 3 amide bonds. The van der Waals surface area contributed by atoms with Crippen LogP contribution in [0.3, 0.4) is 0 Å². The molecule has 1 atom stereocenters. The van der Waals surface area contributed by atoms with Crippen LogP contribution in [0.25, 0.3) is 11.1 Å². The molecule has 4 rings (SSSR count). The first-order chi connectivity index (χ1) is 21.6. The monoisotopic (exact) mass is 633 g/mol. The third-order valence-electron chi connectivity index (χ3n) is 7.21. The van der Waals surface area contributed by atoms with Crippen LogP contribution in [0, 0.1) is 0 Å². The normalized spacial score (nSPS) is 12.2. The van der Waals surface area contributed by atoms with Crippen LogP contribution in [0.5, 0.6) is 0 Å². The summed E-state index contributed by atoms with van der Waals surface area (Å²) in [4.78, 5) is 38.4. The van der Waals surface area contributed by atoms with E-state index >= 15 is 0 Å². The Kier molecular flexibility index (Phi) is 10.2. The Balaban J connectivity index is 1.64. The molecule has 240 valence electrons. The maximum Gasteiger partial charge on any atom is 0.416 e. The van der Waals surface area contributed by atoms with E-state index in [-0.39, 0.29) is 28.8 Å². The maximum absolute atomic E-state index is 13.9.